The molecule has 3 aromatic rings. The lowest BCUT2D eigenvalue weighted by Crippen LogP contribution is -2.32. The highest BCUT2D eigenvalue weighted by Gasteiger charge is 2.31. The van der Waals surface area contributed by atoms with Gasteiger partial charge in [-0.1, -0.05) is 26.0 Å². The molecule has 0 radical (unpaired) electrons. The molecule has 4 rings (SSSR count). The third-order valence-corrected chi connectivity index (χ3v) is 5.90. The number of pyridine rings is 1. The number of likely N-dealkylation sites (N-methyl/N-ethyl adjacent to an activating group) is 1. The Morgan fingerprint density at radius 1 is 1.26 bits per heavy atom. The Morgan fingerprint density at radius 2 is 2.00 bits per heavy atom. The molecule has 0 saturated carbocycles. The first-order chi connectivity index (χ1) is 12.9. The highest BCUT2D eigenvalue weighted by atomic mass is 15.3. The first kappa shape index (κ1) is 17.8. The Labute approximate surface area is 160 Å². The topological polar surface area (TPSA) is 47.6 Å². The van der Waals surface area contributed by atoms with Crippen molar-refractivity contribution in [3.05, 3.63) is 41.0 Å². The van der Waals surface area contributed by atoms with Gasteiger partial charge in [-0.25, -0.2) is 4.98 Å². The van der Waals surface area contributed by atoms with Crippen molar-refractivity contribution in [2.75, 3.05) is 32.1 Å². The van der Waals surface area contributed by atoms with Gasteiger partial charge in [0, 0.05) is 24.7 Å². The molecular weight excluding hydrogens is 334 g/mol. The van der Waals surface area contributed by atoms with Crippen LogP contribution in [-0.2, 0) is 0 Å². The Hall–Kier alpha value is -2.58. The molecule has 1 fully saturated rings. The highest BCUT2D eigenvalue weighted by Crippen LogP contribution is 2.38. The molecule has 1 atom stereocenters. The lowest BCUT2D eigenvalue weighted by Gasteiger charge is -2.28. The maximum absolute atomic E-state index is 9.90. The first-order valence-corrected chi connectivity index (χ1v) is 9.69. The number of anilines is 1. The number of benzene rings is 1. The Bertz CT molecular complexity index is 1050. The lowest BCUT2D eigenvalue weighted by atomic mass is 9.95. The van der Waals surface area contributed by atoms with Gasteiger partial charge in [0.05, 0.1) is 16.6 Å². The van der Waals surface area contributed by atoms with Crippen molar-refractivity contribution in [3.63, 3.8) is 0 Å². The normalized spacial score (nSPS) is 17.6. The molecule has 2 aromatic heterocycles. The number of fused-ring (bicyclic) bond motifs is 3. The van der Waals surface area contributed by atoms with Gasteiger partial charge in [0.15, 0.2) is 5.65 Å². The number of nitrogens with zero attached hydrogens (tertiary/aromatic N) is 5. The summed E-state index contributed by atoms with van der Waals surface area (Å²) in [6, 6.07) is 11.2. The summed E-state index contributed by atoms with van der Waals surface area (Å²) in [5.74, 6) is 1.55. The molecular formula is C22H27N5. The van der Waals surface area contributed by atoms with Crippen LogP contribution in [0.3, 0.4) is 0 Å². The lowest BCUT2D eigenvalue weighted by molar-refractivity contribution is 0.315. The molecule has 1 aliphatic heterocycles. The molecule has 5 heteroatoms. The summed E-state index contributed by atoms with van der Waals surface area (Å²) in [5.41, 5.74) is 5.83. The van der Waals surface area contributed by atoms with E-state index in [-0.39, 0.29) is 0 Å². The van der Waals surface area contributed by atoms with Gasteiger partial charge < -0.3 is 9.80 Å². The van der Waals surface area contributed by atoms with Crippen molar-refractivity contribution in [1.82, 2.24) is 14.3 Å². The molecule has 1 aliphatic rings. The predicted molar refractivity (Wildman–Crippen MR) is 111 cm³/mol. The van der Waals surface area contributed by atoms with E-state index >= 15 is 0 Å². The number of hydrogen-bond donors (Lipinski definition) is 0. The summed E-state index contributed by atoms with van der Waals surface area (Å²) >= 11 is 0. The maximum atomic E-state index is 9.90. The Kier molecular flexibility index (Phi) is 4.32. The number of para-hydroxylation sites is 2. The van der Waals surface area contributed by atoms with Crippen LogP contribution in [0.15, 0.2) is 24.3 Å². The summed E-state index contributed by atoms with van der Waals surface area (Å²) < 4.78 is 2.23. The van der Waals surface area contributed by atoms with Crippen molar-refractivity contribution in [2.45, 2.75) is 39.2 Å². The molecule has 0 amide bonds. The number of imidazole rings is 1. The minimum Gasteiger partial charge on any atom is -0.356 e. The second-order valence-electron chi connectivity index (χ2n) is 8.12. The van der Waals surface area contributed by atoms with Gasteiger partial charge in [0.25, 0.3) is 0 Å². The summed E-state index contributed by atoms with van der Waals surface area (Å²) in [6.45, 7) is 8.54. The second kappa shape index (κ2) is 6.54. The van der Waals surface area contributed by atoms with Crippen molar-refractivity contribution in [3.8, 4) is 6.07 Å². The van der Waals surface area contributed by atoms with E-state index in [2.05, 4.69) is 61.2 Å². The van der Waals surface area contributed by atoms with E-state index in [0.717, 1.165) is 41.8 Å². The van der Waals surface area contributed by atoms with Crippen LogP contribution >= 0.6 is 0 Å². The van der Waals surface area contributed by atoms with Crippen LogP contribution in [0.2, 0.25) is 0 Å². The van der Waals surface area contributed by atoms with Crippen LogP contribution in [0.25, 0.3) is 16.7 Å². The van der Waals surface area contributed by atoms with Crippen LogP contribution in [0, 0.1) is 18.3 Å². The molecule has 5 nitrogen and oxygen atoms in total. The van der Waals surface area contributed by atoms with E-state index < -0.39 is 0 Å². The van der Waals surface area contributed by atoms with Gasteiger partial charge in [-0.15, -0.1) is 0 Å². The number of aromatic nitrogens is 2. The first-order valence-electron chi connectivity index (χ1n) is 9.69. The Morgan fingerprint density at radius 3 is 2.63 bits per heavy atom. The zero-order valence-electron chi connectivity index (χ0n) is 16.8. The molecule has 0 unspecified atom stereocenters. The van der Waals surface area contributed by atoms with E-state index in [1.807, 2.05) is 18.2 Å². The van der Waals surface area contributed by atoms with Crippen molar-refractivity contribution in [2.24, 2.45) is 0 Å². The molecule has 0 bridgehead atoms. The number of nitriles is 1. The second-order valence-corrected chi connectivity index (χ2v) is 8.12. The zero-order chi connectivity index (χ0) is 19.3. The standard InChI is InChI=1S/C22H27N5/c1-14(2)20-15(3)17(12-23)21-24-18-8-6-7-9-19(18)27(21)22(20)26-11-10-16(13-26)25(4)5/h6-9,14,16H,10-11,13H2,1-5H3/t16-/m0/s1. The summed E-state index contributed by atoms with van der Waals surface area (Å²) in [4.78, 5) is 9.65. The molecule has 1 saturated heterocycles. The van der Waals surface area contributed by atoms with Crippen molar-refractivity contribution in [1.29, 1.82) is 5.26 Å². The highest BCUT2D eigenvalue weighted by molar-refractivity contribution is 5.86. The van der Waals surface area contributed by atoms with E-state index in [9.17, 15) is 5.26 Å². The van der Waals surface area contributed by atoms with Crippen LogP contribution in [0.4, 0.5) is 5.82 Å². The van der Waals surface area contributed by atoms with Gasteiger partial charge >= 0.3 is 0 Å². The fraction of sp³-hybridized carbons (Fsp3) is 0.455. The minimum absolute atomic E-state index is 0.330. The molecule has 3 heterocycles. The smallest absolute Gasteiger partial charge is 0.157 e. The van der Waals surface area contributed by atoms with Crippen LogP contribution in [0.1, 0.15) is 42.9 Å². The average molecular weight is 361 g/mol. The third kappa shape index (κ3) is 2.67. The minimum atomic E-state index is 0.330. The number of rotatable bonds is 3. The molecule has 0 aliphatic carbocycles. The van der Waals surface area contributed by atoms with Gasteiger partial charge in [0.2, 0.25) is 0 Å². The van der Waals surface area contributed by atoms with Crippen molar-refractivity contribution >= 4 is 22.5 Å². The third-order valence-electron chi connectivity index (χ3n) is 5.90. The molecule has 27 heavy (non-hydrogen) atoms. The fourth-order valence-corrected chi connectivity index (χ4v) is 4.49. The van der Waals surface area contributed by atoms with Gasteiger partial charge in [0.1, 0.15) is 11.9 Å². The van der Waals surface area contributed by atoms with Crippen LogP contribution < -0.4 is 4.90 Å². The molecule has 0 spiro atoms. The van der Waals surface area contributed by atoms with Gasteiger partial charge in [-0.3, -0.25) is 4.40 Å². The molecule has 1 aromatic carbocycles. The Balaban J connectivity index is 2.09. The predicted octanol–water partition coefficient (Wildman–Crippen LogP) is 3.93. The SMILES string of the molecule is Cc1c(C(C)C)c(N2CC[C@H](N(C)C)C2)n2c(nc3ccccc32)c1C#N. The molecule has 0 N–H and O–H groups in total. The fourth-order valence-electron chi connectivity index (χ4n) is 4.49. The maximum Gasteiger partial charge on any atom is 0.157 e. The summed E-state index contributed by atoms with van der Waals surface area (Å²) in [6.07, 6.45) is 1.15. The van der Waals surface area contributed by atoms with E-state index in [4.69, 9.17) is 4.98 Å². The summed E-state index contributed by atoms with van der Waals surface area (Å²) in [7, 11) is 4.31. The van der Waals surface area contributed by atoms with E-state index in [1.165, 1.54) is 11.4 Å². The van der Waals surface area contributed by atoms with E-state index in [0.29, 0.717) is 17.5 Å². The average Bonchev–Trinajstić information content (AvgIpc) is 3.25. The van der Waals surface area contributed by atoms with Crippen molar-refractivity contribution < 1.29 is 0 Å². The van der Waals surface area contributed by atoms with E-state index in [1.54, 1.807) is 0 Å². The van der Waals surface area contributed by atoms with Gasteiger partial charge in [-0.2, -0.15) is 5.26 Å². The largest absolute Gasteiger partial charge is 0.356 e. The number of hydrogen-bond acceptors (Lipinski definition) is 4. The summed E-state index contributed by atoms with van der Waals surface area (Å²) in [5, 5.41) is 9.90. The van der Waals surface area contributed by atoms with Crippen LogP contribution in [0.5, 0.6) is 0 Å². The molecule has 140 valence electrons. The monoisotopic (exact) mass is 361 g/mol. The zero-order valence-corrected chi connectivity index (χ0v) is 16.8. The van der Waals surface area contributed by atoms with Crippen LogP contribution in [-0.4, -0.2) is 47.5 Å². The van der Waals surface area contributed by atoms with Gasteiger partial charge in [-0.05, 0) is 51.1 Å². The quantitative estimate of drug-likeness (QED) is 0.709.